The van der Waals surface area contributed by atoms with Crippen LogP contribution in [0.3, 0.4) is 0 Å². The van der Waals surface area contributed by atoms with Gasteiger partial charge in [-0.15, -0.1) is 6.42 Å². The molecular weight excluding hydrogens is 302 g/mol. The molecule has 6 N–H and O–H groups in total. The van der Waals surface area contributed by atoms with Crippen LogP contribution in [-0.2, 0) is 4.74 Å². The van der Waals surface area contributed by atoms with Crippen LogP contribution in [0.25, 0.3) is 0 Å². The number of hydrogen-bond acceptors (Lipinski definition) is 6. The molecule has 0 radical (unpaired) electrons. The number of nitrogens with two attached hydrogens (primary N) is 1. The smallest absolute Gasteiger partial charge is 0.199 e. The van der Waals surface area contributed by atoms with Crippen LogP contribution in [0.5, 0.6) is 0 Å². The number of nitrogens with zero attached hydrogens (tertiary/aromatic N) is 3. The van der Waals surface area contributed by atoms with Crippen molar-refractivity contribution >= 4 is 12.2 Å². The zero-order valence-electron chi connectivity index (χ0n) is 12.8. The Morgan fingerprint density at radius 2 is 2.39 bits per heavy atom. The van der Waals surface area contributed by atoms with Crippen LogP contribution in [0.2, 0.25) is 0 Å². The largest absolute Gasteiger partial charge is 0.393 e. The lowest BCUT2D eigenvalue weighted by atomic mass is 9.88. The SMILES string of the molecule is C#C[C@]1(O)[C@H](n2cnc(/C(N)=N\C=N)c2C)O[C@](C)(CO)[C@H]1O. The van der Waals surface area contributed by atoms with Gasteiger partial charge in [0.2, 0.25) is 0 Å². The summed E-state index contributed by atoms with van der Waals surface area (Å²) in [5, 5.41) is 37.4. The van der Waals surface area contributed by atoms with Gasteiger partial charge in [-0.2, -0.15) is 0 Å². The molecule has 2 rings (SSSR count). The molecule has 9 heteroatoms. The van der Waals surface area contributed by atoms with Gasteiger partial charge in [-0.1, -0.05) is 5.92 Å². The fraction of sp³-hybridized carbons (Fsp3) is 0.500. The van der Waals surface area contributed by atoms with Gasteiger partial charge >= 0.3 is 0 Å². The molecule has 1 fully saturated rings. The van der Waals surface area contributed by atoms with Crippen molar-refractivity contribution in [3.8, 4) is 12.3 Å². The number of imidazole rings is 1. The molecule has 2 heterocycles. The number of aliphatic hydroxyl groups is 3. The summed E-state index contributed by atoms with van der Waals surface area (Å²) in [5.41, 5.74) is 2.99. The number of nitrogens with one attached hydrogen (secondary N) is 1. The average molecular weight is 321 g/mol. The second-order valence-corrected chi connectivity index (χ2v) is 5.54. The highest BCUT2D eigenvalue weighted by Gasteiger charge is 2.61. The van der Waals surface area contributed by atoms with Gasteiger partial charge in [0.25, 0.3) is 0 Å². The topological polar surface area (TPSA) is 150 Å². The van der Waals surface area contributed by atoms with Crippen molar-refractivity contribution in [2.45, 2.75) is 37.4 Å². The zero-order chi connectivity index (χ0) is 17.4. The van der Waals surface area contributed by atoms with Crippen LogP contribution in [0, 0.1) is 24.7 Å². The molecule has 0 unspecified atom stereocenters. The van der Waals surface area contributed by atoms with Crippen LogP contribution >= 0.6 is 0 Å². The van der Waals surface area contributed by atoms with E-state index in [9.17, 15) is 15.3 Å². The summed E-state index contributed by atoms with van der Waals surface area (Å²) in [6.07, 6.45) is 4.83. The lowest BCUT2D eigenvalue weighted by molar-refractivity contribution is -0.118. The molecule has 4 atom stereocenters. The number of terminal acetylenes is 1. The first-order valence-electron chi connectivity index (χ1n) is 6.78. The number of aliphatic imine (C=N–C) groups is 1. The molecule has 0 bridgehead atoms. The van der Waals surface area contributed by atoms with Crippen LogP contribution < -0.4 is 5.73 Å². The van der Waals surface area contributed by atoms with Crippen molar-refractivity contribution in [2.75, 3.05) is 6.61 Å². The molecule has 0 aliphatic carbocycles. The summed E-state index contributed by atoms with van der Waals surface area (Å²) >= 11 is 0. The third kappa shape index (κ3) is 2.42. The van der Waals surface area contributed by atoms with Gasteiger partial charge in [-0.25, -0.2) is 9.98 Å². The minimum atomic E-state index is -2.06. The van der Waals surface area contributed by atoms with Crippen molar-refractivity contribution in [3.05, 3.63) is 17.7 Å². The van der Waals surface area contributed by atoms with Gasteiger partial charge in [-0.3, -0.25) is 5.41 Å². The maximum atomic E-state index is 10.7. The molecule has 1 aromatic heterocycles. The van der Waals surface area contributed by atoms with Crippen molar-refractivity contribution in [3.63, 3.8) is 0 Å². The van der Waals surface area contributed by atoms with Gasteiger partial charge in [0.15, 0.2) is 17.7 Å². The molecule has 0 spiro atoms. The van der Waals surface area contributed by atoms with E-state index in [1.165, 1.54) is 17.8 Å². The van der Waals surface area contributed by atoms with E-state index in [-0.39, 0.29) is 5.84 Å². The minimum Gasteiger partial charge on any atom is -0.393 e. The summed E-state index contributed by atoms with van der Waals surface area (Å²) < 4.78 is 7.05. The predicted molar refractivity (Wildman–Crippen MR) is 81.9 cm³/mol. The van der Waals surface area contributed by atoms with E-state index in [1.807, 2.05) is 0 Å². The Kier molecular flexibility index (Phi) is 4.28. The Morgan fingerprint density at radius 3 is 2.91 bits per heavy atom. The van der Waals surface area contributed by atoms with E-state index >= 15 is 0 Å². The fourth-order valence-corrected chi connectivity index (χ4v) is 2.59. The summed E-state index contributed by atoms with van der Waals surface area (Å²) in [7, 11) is 0. The summed E-state index contributed by atoms with van der Waals surface area (Å²) in [5.74, 6) is 2.16. The lowest BCUT2D eigenvalue weighted by Gasteiger charge is -2.28. The van der Waals surface area contributed by atoms with E-state index in [1.54, 1.807) is 6.92 Å². The molecule has 124 valence electrons. The average Bonchev–Trinajstić information content (AvgIpc) is 3.00. The number of aromatic nitrogens is 2. The molecule has 1 aliphatic rings. The van der Waals surface area contributed by atoms with Gasteiger partial charge in [-0.05, 0) is 13.8 Å². The number of rotatable bonds is 4. The third-order valence-corrected chi connectivity index (χ3v) is 4.04. The first-order chi connectivity index (χ1) is 10.7. The van der Waals surface area contributed by atoms with Crippen LogP contribution in [-0.4, -0.2) is 61.0 Å². The maximum absolute atomic E-state index is 10.7. The van der Waals surface area contributed by atoms with E-state index in [4.69, 9.17) is 22.3 Å². The second kappa shape index (κ2) is 5.75. The molecule has 0 saturated carbocycles. The summed E-state index contributed by atoms with van der Waals surface area (Å²) in [6, 6.07) is 0. The normalized spacial score (nSPS) is 34.3. The molecule has 0 amide bonds. The molecule has 1 aromatic rings. The van der Waals surface area contributed by atoms with Gasteiger partial charge < -0.3 is 30.4 Å². The Labute approximate surface area is 132 Å². The highest BCUT2D eigenvalue weighted by Crippen LogP contribution is 2.44. The van der Waals surface area contributed by atoms with Crippen molar-refractivity contribution < 1.29 is 20.1 Å². The highest BCUT2D eigenvalue weighted by molar-refractivity contribution is 6.00. The summed E-state index contributed by atoms with van der Waals surface area (Å²) in [6.45, 7) is 2.56. The highest BCUT2D eigenvalue weighted by atomic mass is 16.6. The molecule has 0 aromatic carbocycles. The lowest BCUT2D eigenvalue weighted by Crippen LogP contribution is -2.50. The van der Waals surface area contributed by atoms with Crippen LogP contribution in [0.15, 0.2) is 11.3 Å². The molecular formula is C14H19N5O4. The molecule has 1 aliphatic heterocycles. The number of amidine groups is 1. The first-order valence-corrected chi connectivity index (χ1v) is 6.78. The van der Waals surface area contributed by atoms with E-state index in [2.05, 4.69) is 15.9 Å². The molecule has 9 nitrogen and oxygen atoms in total. The first kappa shape index (κ1) is 17.1. The zero-order valence-corrected chi connectivity index (χ0v) is 12.8. The van der Waals surface area contributed by atoms with Gasteiger partial charge in [0.05, 0.1) is 12.9 Å². The second-order valence-electron chi connectivity index (χ2n) is 5.54. The number of hydrogen-bond donors (Lipinski definition) is 5. The monoisotopic (exact) mass is 321 g/mol. The molecule has 23 heavy (non-hydrogen) atoms. The van der Waals surface area contributed by atoms with Crippen LogP contribution in [0.1, 0.15) is 24.5 Å². The van der Waals surface area contributed by atoms with Crippen molar-refractivity contribution in [2.24, 2.45) is 10.7 Å². The quantitative estimate of drug-likeness (QED) is 0.259. The van der Waals surface area contributed by atoms with E-state index < -0.39 is 30.1 Å². The number of aliphatic hydroxyl groups excluding tert-OH is 2. The van der Waals surface area contributed by atoms with Gasteiger partial charge in [0, 0.05) is 5.69 Å². The number of ether oxygens (including phenoxy) is 1. The Hall–Kier alpha value is -2.25. The minimum absolute atomic E-state index is 0.0176. The van der Waals surface area contributed by atoms with Crippen LogP contribution in [0.4, 0.5) is 0 Å². The summed E-state index contributed by atoms with van der Waals surface area (Å²) in [4.78, 5) is 7.72. The van der Waals surface area contributed by atoms with Gasteiger partial charge in [0.1, 0.15) is 23.7 Å². The third-order valence-electron chi connectivity index (χ3n) is 4.04. The maximum Gasteiger partial charge on any atom is 0.199 e. The van der Waals surface area contributed by atoms with Crippen molar-refractivity contribution in [1.29, 1.82) is 5.41 Å². The Balaban J connectivity index is 2.52. The molecule has 1 saturated heterocycles. The van der Waals surface area contributed by atoms with E-state index in [0.717, 1.165) is 6.34 Å². The Morgan fingerprint density at radius 1 is 1.74 bits per heavy atom. The van der Waals surface area contributed by atoms with Crippen molar-refractivity contribution in [1.82, 2.24) is 9.55 Å². The van der Waals surface area contributed by atoms with E-state index in [0.29, 0.717) is 11.4 Å². The Bertz CT molecular complexity index is 694. The standard InChI is InChI=1S/C14H19N5O4/c1-4-14(22)11(21)13(3,5-20)23-12(14)19-7-18-9(8(19)2)10(16)17-6-15/h1,6-7,11-12,20-22H,5H2,2-3H3,(H3,15,16,17)/t11-,12-,13-,14-/m1/s1. The predicted octanol–water partition coefficient (Wildman–Crippen LogP) is -1.49. The fourth-order valence-electron chi connectivity index (χ4n) is 2.59.